The summed E-state index contributed by atoms with van der Waals surface area (Å²) in [6.45, 7) is 7.25. The van der Waals surface area contributed by atoms with Gasteiger partial charge >= 0.3 is 0 Å². The zero-order chi connectivity index (χ0) is 9.64. The zero-order valence-corrected chi connectivity index (χ0v) is 7.77. The van der Waals surface area contributed by atoms with Crippen molar-refractivity contribution in [2.45, 2.75) is 44.2 Å². The molecule has 0 aromatic heterocycles. The minimum absolute atomic E-state index is 0.234. The van der Waals surface area contributed by atoms with E-state index in [0.717, 1.165) is 0 Å². The van der Waals surface area contributed by atoms with Crippen LogP contribution in [-0.4, -0.2) is 35.5 Å². The molecule has 2 rings (SSSR count). The van der Waals surface area contributed by atoms with E-state index in [-0.39, 0.29) is 12.2 Å². The number of aliphatic hydroxyl groups is 1. The molecule has 2 fully saturated rings. The highest BCUT2D eigenvalue weighted by atomic mass is 16.8. The quantitative estimate of drug-likeness (QED) is 0.602. The first-order valence-corrected chi connectivity index (χ1v) is 4.35. The summed E-state index contributed by atoms with van der Waals surface area (Å²) in [7, 11) is 0. The van der Waals surface area contributed by atoms with E-state index in [4.69, 9.17) is 14.2 Å². The van der Waals surface area contributed by atoms with E-state index >= 15 is 0 Å². The highest BCUT2D eigenvalue weighted by molar-refractivity contribution is 5.01. The predicted molar refractivity (Wildman–Crippen MR) is 44.9 cm³/mol. The summed E-state index contributed by atoms with van der Waals surface area (Å²) in [5, 5.41) is 9.46. The number of fused-ring (bicyclic) bond motifs is 1. The topological polar surface area (TPSA) is 47.9 Å². The molecule has 0 aliphatic carbocycles. The maximum absolute atomic E-state index is 9.46. The highest BCUT2D eigenvalue weighted by Crippen LogP contribution is 2.37. The summed E-state index contributed by atoms with van der Waals surface area (Å²) in [5.74, 6) is -0.638. The second-order valence-electron chi connectivity index (χ2n) is 3.79. The van der Waals surface area contributed by atoms with E-state index < -0.39 is 18.2 Å². The van der Waals surface area contributed by atoms with Gasteiger partial charge in [0.05, 0.1) is 0 Å². The van der Waals surface area contributed by atoms with Crippen molar-refractivity contribution in [2.24, 2.45) is 0 Å². The molecule has 2 saturated heterocycles. The first kappa shape index (κ1) is 9.15. The van der Waals surface area contributed by atoms with Crippen molar-refractivity contribution < 1.29 is 19.3 Å². The van der Waals surface area contributed by atoms with Crippen LogP contribution in [0.1, 0.15) is 13.8 Å². The summed E-state index contributed by atoms with van der Waals surface area (Å²) < 4.78 is 16.2. The standard InChI is InChI=1S/C9H14O4/c1-4-5-6-7(8(10)11-5)13-9(2,3)12-6/h4-8,10H,1H2,2-3H3/t5-,6-,7-,8-/m0/s1. The summed E-state index contributed by atoms with van der Waals surface area (Å²) in [6, 6.07) is 0. The maximum Gasteiger partial charge on any atom is 0.184 e. The molecule has 0 aromatic rings. The van der Waals surface area contributed by atoms with Gasteiger partial charge in [0.2, 0.25) is 0 Å². The van der Waals surface area contributed by atoms with Crippen molar-refractivity contribution in [2.75, 3.05) is 0 Å². The fraction of sp³-hybridized carbons (Fsp3) is 0.778. The third kappa shape index (κ3) is 1.40. The van der Waals surface area contributed by atoms with Crippen LogP contribution < -0.4 is 0 Å². The van der Waals surface area contributed by atoms with Gasteiger partial charge in [-0.1, -0.05) is 6.08 Å². The molecule has 0 unspecified atom stereocenters. The molecule has 74 valence electrons. The first-order valence-electron chi connectivity index (χ1n) is 4.35. The van der Waals surface area contributed by atoms with Gasteiger partial charge in [-0.3, -0.25) is 0 Å². The molecule has 1 N–H and O–H groups in total. The second kappa shape index (κ2) is 2.78. The normalized spacial score (nSPS) is 47.6. The molecule has 0 amide bonds. The Kier molecular flexibility index (Phi) is 1.96. The number of hydrogen-bond acceptors (Lipinski definition) is 4. The Morgan fingerprint density at radius 2 is 1.92 bits per heavy atom. The Balaban J connectivity index is 2.17. The van der Waals surface area contributed by atoms with Gasteiger partial charge < -0.3 is 19.3 Å². The molecule has 2 aliphatic rings. The van der Waals surface area contributed by atoms with Crippen LogP contribution in [-0.2, 0) is 14.2 Å². The lowest BCUT2D eigenvalue weighted by molar-refractivity contribution is -0.214. The van der Waals surface area contributed by atoms with Crippen LogP contribution in [0.15, 0.2) is 12.7 Å². The molecule has 2 aliphatic heterocycles. The van der Waals surface area contributed by atoms with Crippen LogP contribution in [0.3, 0.4) is 0 Å². The van der Waals surface area contributed by atoms with Crippen molar-refractivity contribution in [1.29, 1.82) is 0 Å². The first-order chi connectivity index (χ1) is 6.03. The molecule has 13 heavy (non-hydrogen) atoms. The minimum Gasteiger partial charge on any atom is -0.366 e. The number of ether oxygens (including phenoxy) is 3. The van der Waals surface area contributed by atoms with Gasteiger partial charge in [-0.25, -0.2) is 0 Å². The summed E-state index contributed by atoms with van der Waals surface area (Å²) in [5.41, 5.74) is 0. The van der Waals surface area contributed by atoms with Crippen LogP contribution in [0.25, 0.3) is 0 Å². The summed E-state index contributed by atoms with van der Waals surface area (Å²) in [6.07, 6.45) is -0.185. The Hall–Kier alpha value is -0.420. The van der Waals surface area contributed by atoms with Gasteiger partial charge in [0.25, 0.3) is 0 Å². The molecule has 4 nitrogen and oxygen atoms in total. The summed E-state index contributed by atoms with van der Waals surface area (Å²) in [4.78, 5) is 0. The van der Waals surface area contributed by atoms with Crippen molar-refractivity contribution in [3.05, 3.63) is 12.7 Å². The molecule has 0 aromatic carbocycles. The van der Waals surface area contributed by atoms with Gasteiger partial charge in [0.1, 0.15) is 18.3 Å². The highest BCUT2D eigenvalue weighted by Gasteiger charge is 2.53. The fourth-order valence-corrected chi connectivity index (χ4v) is 1.80. The van der Waals surface area contributed by atoms with Crippen LogP contribution in [0.2, 0.25) is 0 Å². The van der Waals surface area contributed by atoms with E-state index in [9.17, 15) is 5.11 Å². The van der Waals surface area contributed by atoms with Crippen LogP contribution in [0.5, 0.6) is 0 Å². The minimum atomic E-state index is -0.908. The van der Waals surface area contributed by atoms with Crippen molar-refractivity contribution >= 4 is 0 Å². The van der Waals surface area contributed by atoms with Crippen molar-refractivity contribution in [3.63, 3.8) is 0 Å². The third-order valence-electron chi connectivity index (χ3n) is 2.30. The number of aliphatic hydroxyl groups excluding tert-OH is 1. The van der Waals surface area contributed by atoms with Crippen LogP contribution >= 0.6 is 0 Å². The van der Waals surface area contributed by atoms with Crippen molar-refractivity contribution in [1.82, 2.24) is 0 Å². The van der Waals surface area contributed by atoms with Gasteiger partial charge in [-0.05, 0) is 13.8 Å². The lowest BCUT2D eigenvalue weighted by Gasteiger charge is -2.21. The molecule has 2 heterocycles. The van der Waals surface area contributed by atoms with Crippen LogP contribution in [0.4, 0.5) is 0 Å². The Labute approximate surface area is 77.1 Å². The average molecular weight is 186 g/mol. The van der Waals surface area contributed by atoms with Gasteiger partial charge in [0.15, 0.2) is 12.1 Å². The fourth-order valence-electron chi connectivity index (χ4n) is 1.80. The largest absolute Gasteiger partial charge is 0.366 e. The molecule has 0 saturated carbocycles. The van der Waals surface area contributed by atoms with Crippen LogP contribution in [0, 0.1) is 0 Å². The Morgan fingerprint density at radius 3 is 2.54 bits per heavy atom. The van der Waals surface area contributed by atoms with Gasteiger partial charge in [0, 0.05) is 0 Å². The SMILES string of the molecule is C=C[C@@H]1O[C@H](O)[C@H]2OC(C)(C)O[C@H]21. The van der Waals surface area contributed by atoms with Crippen molar-refractivity contribution in [3.8, 4) is 0 Å². The van der Waals surface area contributed by atoms with E-state index in [1.807, 2.05) is 13.8 Å². The third-order valence-corrected chi connectivity index (χ3v) is 2.30. The summed E-state index contributed by atoms with van der Waals surface area (Å²) >= 11 is 0. The molecular weight excluding hydrogens is 172 g/mol. The van der Waals surface area contributed by atoms with E-state index in [2.05, 4.69) is 6.58 Å². The number of hydrogen-bond donors (Lipinski definition) is 1. The Bertz CT molecular complexity index is 226. The second-order valence-corrected chi connectivity index (χ2v) is 3.79. The number of rotatable bonds is 1. The molecule has 0 spiro atoms. The van der Waals surface area contributed by atoms with Gasteiger partial charge in [-0.2, -0.15) is 0 Å². The van der Waals surface area contributed by atoms with E-state index in [1.165, 1.54) is 0 Å². The molecule has 4 heteroatoms. The predicted octanol–water partition coefficient (Wildman–Crippen LogP) is 0.410. The monoisotopic (exact) mass is 186 g/mol. The van der Waals surface area contributed by atoms with E-state index in [1.54, 1.807) is 6.08 Å². The van der Waals surface area contributed by atoms with Gasteiger partial charge in [-0.15, -0.1) is 6.58 Å². The molecule has 0 bridgehead atoms. The molecule has 0 radical (unpaired) electrons. The Morgan fingerprint density at radius 1 is 1.31 bits per heavy atom. The molecule has 4 atom stereocenters. The average Bonchev–Trinajstić information content (AvgIpc) is 2.47. The maximum atomic E-state index is 9.46. The lowest BCUT2D eigenvalue weighted by Crippen LogP contribution is -2.29. The molecular formula is C9H14O4. The zero-order valence-electron chi connectivity index (χ0n) is 7.77. The lowest BCUT2D eigenvalue weighted by atomic mass is 10.1. The van der Waals surface area contributed by atoms with E-state index in [0.29, 0.717) is 0 Å². The smallest absolute Gasteiger partial charge is 0.184 e.